The first-order chi connectivity index (χ1) is 9.10. The lowest BCUT2D eigenvalue weighted by atomic mass is 10.1. The van der Waals surface area contributed by atoms with Gasteiger partial charge in [-0.25, -0.2) is 4.79 Å². The highest BCUT2D eigenvalue weighted by Gasteiger charge is 2.26. The zero-order valence-corrected chi connectivity index (χ0v) is 12.2. The van der Waals surface area contributed by atoms with Gasteiger partial charge < -0.3 is 19.3 Å². The summed E-state index contributed by atoms with van der Waals surface area (Å²) < 4.78 is 15.3. The van der Waals surface area contributed by atoms with Gasteiger partial charge in [0.2, 0.25) is 0 Å². The number of rotatable bonds is 6. The molecule has 0 amide bonds. The molecule has 0 aliphatic rings. The van der Waals surface area contributed by atoms with Crippen LogP contribution in [0.5, 0.6) is 11.5 Å². The SMILES string of the molecule is CCOC(=O)C(O)c1ccc(SC)c(OC)c1OC. The Labute approximate surface area is 116 Å². The van der Waals surface area contributed by atoms with E-state index in [1.165, 1.54) is 26.0 Å². The van der Waals surface area contributed by atoms with Crippen molar-refractivity contribution in [3.63, 3.8) is 0 Å². The van der Waals surface area contributed by atoms with Crippen molar-refractivity contribution in [3.05, 3.63) is 17.7 Å². The maximum absolute atomic E-state index is 11.6. The summed E-state index contributed by atoms with van der Waals surface area (Å²) in [6, 6.07) is 3.40. The molecule has 1 rings (SSSR count). The van der Waals surface area contributed by atoms with E-state index in [-0.39, 0.29) is 6.61 Å². The Morgan fingerprint density at radius 2 is 1.95 bits per heavy atom. The van der Waals surface area contributed by atoms with Gasteiger partial charge in [-0.2, -0.15) is 0 Å². The molecule has 1 aromatic rings. The second-order valence-electron chi connectivity index (χ2n) is 3.58. The van der Waals surface area contributed by atoms with E-state index < -0.39 is 12.1 Å². The van der Waals surface area contributed by atoms with E-state index in [9.17, 15) is 9.90 Å². The van der Waals surface area contributed by atoms with E-state index in [4.69, 9.17) is 14.2 Å². The van der Waals surface area contributed by atoms with Crippen molar-refractivity contribution in [2.45, 2.75) is 17.9 Å². The summed E-state index contributed by atoms with van der Waals surface area (Å²) in [6.45, 7) is 1.89. The first-order valence-electron chi connectivity index (χ1n) is 5.74. The fourth-order valence-electron chi connectivity index (χ4n) is 1.69. The number of carbonyl (C=O) groups is 1. The van der Waals surface area contributed by atoms with Crippen molar-refractivity contribution in [3.8, 4) is 11.5 Å². The van der Waals surface area contributed by atoms with Gasteiger partial charge in [-0.3, -0.25) is 0 Å². The average molecular weight is 286 g/mol. The van der Waals surface area contributed by atoms with Gasteiger partial charge in [-0.1, -0.05) is 6.07 Å². The molecule has 106 valence electrons. The van der Waals surface area contributed by atoms with E-state index >= 15 is 0 Å². The molecule has 0 spiro atoms. The predicted octanol–water partition coefficient (Wildman–Crippen LogP) is 2.02. The van der Waals surface area contributed by atoms with Crippen LogP contribution in [0.15, 0.2) is 17.0 Å². The summed E-state index contributed by atoms with van der Waals surface area (Å²) in [4.78, 5) is 12.5. The van der Waals surface area contributed by atoms with Crippen molar-refractivity contribution in [2.75, 3.05) is 27.1 Å². The van der Waals surface area contributed by atoms with Gasteiger partial charge in [-0.05, 0) is 19.2 Å². The summed E-state index contributed by atoms with van der Waals surface area (Å²) in [5.74, 6) is 0.130. The minimum Gasteiger partial charge on any atom is -0.492 e. The zero-order valence-electron chi connectivity index (χ0n) is 11.4. The number of esters is 1. The van der Waals surface area contributed by atoms with Crippen molar-refractivity contribution in [2.24, 2.45) is 0 Å². The van der Waals surface area contributed by atoms with E-state index in [0.29, 0.717) is 17.1 Å². The van der Waals surface area contributed by atoms with E-state index in [1.54, 1.807) is 19.1 Å². The molecule has 1 atom stereocenters. The minimum absolute atomic E-state index is 0.207. The Hall–Kier alpha value is -1.40. The average Bonchev–Trinajstić information content (AvgIpc) is 2.44. The molecule has 0 saturated carbocycles. The number of hydrogen-bond donors (Lipinski definition) is 1. The molecule has 0 aromatic heterocycles. The zero-order chi connectivity index (χ0) is 14.4. The van der Waals surface area contributed by atoms with Gasteiger partial charge >= 0.3 is 5.97 Å². The highest BCUT2D eigenvalue weighted by molar-refractivity contribution is 7.98. The Balaban J connectivity index is 3.24. The maximum atomic E-state index is 11.6. The normalized spacial score (nSPS) is 11.8. The number of thioether (sulfide) groups is 1. The number of ether oxygens (including phenoxy) is 3. The molecular weight excluding hydrogens is 268 g/mol. The molecule has 0 aliphatic heterocycles. The van der Waals surface area contributed by atoms with Gasteiger partial charge in [0, 0.05) is 5.56 Å². The number of hydrogen-bond acceptors (Lipinski definition) is 6. The summed E-state index contributed by atoms with van der Waals surface area (Å²) in [6.07, 6.45) is 0.512. The fourth-order valence-corrected chi connectivity index (χ4v) is 2.25. The predicted molar refractivity (Wildman–Crippen MR) is 72.9 cm³/mol. The number of aliphatic hydroxyl groups is 1. The lowest BCUT2D eigenvalue weighted by molar-refractivity contribution is -0.153. The molecule has 0 aliphatic carbocycles. The van der Waals surface area contributed by atoms with E-state index in [1.807, 2.05) is 6.26 Å². The Bertz CT molecular complexity index is 447. The molecule has 1 N–H and O–H groups in total. The third kappa shape index (κ3) is 3.33. The van der Waals surface area contributed by atoms with Crippen molar-refractivity contribution in [1.82, 2.24) is 0 Å². The third-order valence-electron chi connectivity index (χ3n) is 2.54. The van der Waals surface area contributed by atoms with Crippen LogP contribution in [0, 0.1) is 0 Å². The quantitative estimate of drug-likeness (QED) is 0.637. The molecule has 0 heterocycles. The molecule has 5 nitrogen and oxygen atoms in total. The fraction of sp³-hybridized carbons (Fsp3) is 0.462. The third-order valence-corrected chi connectivity index (χ3v) is 3.30. The molecule has 1 unspecified atom stereocenters. The molecule has 6 heteroatoms. The number of carbonyl (C=O) groups excluding carboxylic acids is 1. The monoisotopic (exact) mass is 286 g/mol. The molecular formula is C13H18O5S. The molecule has 1 aromatic carbocycles. The number of methoxy groups -OCH3 is 2. The van der Waals surface area contributed by atoms with Crippen molar-refractivity contribution in [1.29, 1.82) is 0 Å². The van der Waals surface area contributed by atoms with Gasteiger partial charge in [0.1, 0.15) is 0 Å². The van der Waals surface area contributed by atoms with Crippen molar-refractivity contribution >= 4 is 17.7 Å². The van der Waals surface area contributed by atoms with Gasteiger partial charge in [0.05, 0.1) is 25.7 Å². The molecule has 0 bridgehead atoms. The van der Waals surface area contributed by atoms with Crippen LogP contribution in [-0.4, -0.2) is 38.2 Å². The van der Waals surface area contributed by atoms with Crippen LogP contribution in [0.4, 0.5) is 0 Å². The molecule has 0 radical (unpaired) electrons. The summed E-state index contributed by atoms with van der Waals surface area (Å²) in [7, 11) is 2.97. The topological polar surface area (TPSA) is 65.0 Å². The van der Waals surface area contributed by atoms with Gasteiger partial charge in [-0.15, -0.1) is 11.8 Å². The molecule has 0 saturated heterocycles. The smallest absolute Gasteiger partial charge is 0.339 e. The Morgan fingerprint density at radius 1 is 1.32 bits per heavy atom. The van der Waals surface area contributed by atoms with E-state index in [2.05, 4.69) is 0 Å². The minimum atomic E-state index is -1.39. The standard InChI is InChI=1S/C13H18O5S/c1-5-18-13(15)10(14)8-6-7-9(19-4)12(17-3)11(8)16-2/h6-7,10,14H,5H2,1-4H3. The molecule has 19 heavy (non-hydrogen) atoms. The van der Waals surface area contributed by atoms with Crippen LogP contribution in [0.25, 0.3) is 0 Å². The lowest BCUT2D eigenvalue weighted by Gasteiger charge is -2.18. The van der Waals surface area contributed by atoms with Crippen LogP contribution in [0.3, 0.4) is 0 Å². The maximum Gasteiger partial charge on any atom is 0.339 e. The van der Waals surface area contributed by atoms with Crippen LogP contribution in [-0.2, 0) is 9.53 Å². The van der Waals surface area contributed by atoms with Crippen LogP contribution < -0.4 is 9.47 Å². The van der Waals surface area contributed by atoms with Gasteiger partial charge in [0.25, 0.3) is 0 Å². The summed E-state index contributed by atoms with van der Waals surface area (Å²) in [5.41, 5.74) is 0.329. The number of benzene rings is 1. The highest BCUT2D eigenvalue weighted by Crippen LogP contribution is 2.41. The van der Waals surface area contributed by atoms with Crippen LogP contribution >= 0.6 is 11.8 Å². The lowest BCUT2D eigenvalue weighted by Crippen LogP contribution is -2.16. The summed E-state index contributed by atoms with van der Waals surface area (Å²) in [5, 5.41) is 10.00. The first-order valence-corrected chi connectivity index (χ1v) is 6.96. The first kappa shape index (κ1) is 15.7. The van der Waals surface area contributed by atoms with Gasteiger partial charge in [0.15, 0.2) is 17.6 Å². The molecule has 0 fully saturated rings. The van der Waals surface area contributed by atoms with Crippen molar-refractivity contribution < 1.29 is 24.1 Å². The second-order valence-corrected chi connectivity index (χ2v) is 4.43. The Morgan fingerprint density at radius 3 is 2.42 bits per heavy atom. The Kier molecular flexibility index (Phi) is 5.98. The second kappa shape index (κ2) is 7.25. The van der Waals surface area contributed by atoms with E-state index in [0.717, 1.165) is 4.90 Å². The van der Waals surface area contributed by atoms with Crippen LogP contribution in [0.2, 0.25) is 0 Å². The highest BCUT2D eigenvalue weighted by atomic mass is 32.2. The van der Waals surface area contributed by atoms with Crippen LogP contribution in [0.1, 0.15) is 18.6 Å². The largest absolute Gasteiger partial charge is 0.492 e. The number of aliphatic hydroxyl groups excluding tert-OH is 1. The summed E-state index contributed by atoms with van der Waals surface area (Å²) >= 11 is 1.49.